The highest BCUT2D eigenvalue weighted by Gasteiger charge is 2.39. The van der Waals surface area contributed by atoms with Gasteiger partial charge in [-0.1, -0.05) is 24.6 Å². The minimum Gasteiger partial charge on any atom is -0.480 e. The Morgan fingerprint density at radius 3 is 2.86 bits per heavy atom. The molecule has 36 heavy (non-hydrogen) atoms. The molecule has 194 valence electrons. The number of nitrogens with zero attached hydrogens (tertiary/aromatic N) is 2. The van der Waals surface area contributed by atoms with E-state index in [0.29, 0.717) is 43.1 Å². The van der Waals surface area contributed by atoms with E-state index >= 15 is 0 Å². The number of rotatable bonds is 13. The highest BCUT2D eigenvalue weighted by molar-refractivity contribution is 6.04. The van der Waals surface area contributed by atoms with Crippen LogP contribution in [0.15, 0.2) is 30.3 Å². The van der Waals surface area contributed by atoms with Gasteiger partial charge in [-0.3, -0.25) is 9.69 Å². The fraction of sp³-hybridized carbons (Fsp3) is 0.536. The molecule has 1 aromatic heterocycles. The van der Waals surface area contributed by atoms with E-state index in [2.05, 4.69) is 22.8 Å². The van der Waals surface area contributed by atoms with Gasteiger partial charge in [0.25, 0.3) is 0 Å². The molecule has 2 aliphatic rings. The molecule has 1 saturated heterocycles. The minimum absolute atomic E-state index is 0.0571. The molecule has 0 spiro atoms. The molecule has 1 atom stereocenters. The topological polar surface area (TPSA) is 111 Å². The zero-order valence-electron chi connectivity index (χ0n) is 21.5. The van der Waals surface area contributed by atoms with E-state index in [-0.39, 0.29) is 6.10 Å². The van der Waals surface area contributed by atoms with Gasteiger partial charge in [0, 0.05) is 55.4 Å². The quantitative estimate of drug-likeness (QED) is 0.240. The molecular weight excluding hydrogens is 454 g/mol. The number of carboxylic acid groups (broad SMARTS) is 1. The number of aliphatic carboxylic acids is 1. The number of likely N-dealkylation sites (tertiary alicyclic amines) is 1. The maximum Gasteiger partial charge on any atom is 0.325 e. The van der Waals surface area contributed by atoms with Crippen molar-refractivity contribution in [1.82, 2.24) is 9.88 Å². The Hall–Kier alpha value is -2.97. The fourth-order valence-electron chi connectivity index (χ4n) is 5.17. The van der Waals surface area contributed by atoms with Gasteiger partial charge in [-0.05, 0) is 69.2 Å². The van der Waals surface area contributed by atoms with Gasteiger partial charge in [0.2, 0.25) is 0 Å². The van der Waals surface area contributed by atoms with Crippen LogP contribution in [0.1, 0.15) is 68.0 Å². The third-order valence-corrected chi connectivity index (χ3v) is 6.99. The second kappa shape index (κ2) is 12.3. The summed E-state index contributed by atoms with van der Waals surface area (Å²) in [6.07, 6.45) is 6.49. The Bertz CT molecular complexity index is 1070. The molecule has 0 aliphatic carbocycles. The smallest absolute Gasteiger partial charge is 0.325 e. The summed E-state index contributed by atoms with van der Waals surface area (Å²) >= 11 is 0. The minimum atomic E-state index is -0.893. The molecule has 0 saturated carbocycles. The number of hydrogen-bond donors (Lipinski definition) is 4. The predicted molar refractivity (Wildman–Crippen MR) is 143 cm³/mol. The van der Waals surface area contributed by atoms with Crippen molar-refractivity contribution in [3.8, 4) is 0 Å². The lowest BCUT2D eigenvalue weighted by molar-refractivity contribution is -0.150. The first-order valence-corrected chi connectivity index (χ1v) is 13.2. The van der Waals surface area contributed by atoms with Crippen LogP contribution in [-0.2, 0) is 22.4 Å². The van der Waals surface area contributed by atoms with Crippen molar-refractivity contribution in [2.75, 3.05) is 43.4 Å². The predicted octanol–water partition coefficient (Wildman–Crippen LogP) is 4.50. The van der Waals surface area contributed by atoms with E-state index < -0.39 is 12.0 Å². The van der Waals surface area contributed by atoms with Crippen molar-refractivity contribution in [1.29, 1.82) is 5.41 Å². The van der Waals surface area contributed by atoms with Crippen LogP contribution in [0.5, 0.6) is 0 Å². The Balaban J connectivity index is 1.21. The summed E-state index contributed by atoms with van der Waals surface area (Å²) in [6.45, 7) is 7.29. The Kier molecular flexibility index (Phi) is 8.93. The van der Waals surface area contributed by atoms with Gasteiger partial charge in [-0.25, -0.2) is 4.98 Å². The normalized spacial score (nSPS) is 16.5. The number of carboxylic acids is 1. The molecule has 0 amide bonds. The van der Waals surface area contributed by atoms with Gasteiger partial charge in [0.1, 0.15) is 11.9 Å². The summed E-state index contributed by atoms with van der Waals surface area (Å²) in [6, 6.07) is 9.18. The monoisotopic (exact) mass is 493 g/mol. The van der Waals surface area contributed by atoms with Gasteiger partial charge in [-0.2, -0.15) is 0 Å². The second-order valence-corrected chi connectivity index (χ2v) is 9.76. The number of pyridine rings is 1. The number of fused-ring (bicyclic) bond motifs is 1. The molecule has 8 nitrogen and oxygen atoms in total. The van der Waals surface area contributed by atoms with Crippen LogP contribution in [0.2, 0.25) is 0 Å². The van der Waals surface area contributed by atoms with Crippen molar-refractivity contribution >= 4 is 23.2 Å². The van der Waals surface area contributed by atoms with E-state index in [1.807, 2.05) is 30.0 Å². The summed E-state index contributed by atoms with van der Waals surface area (Å²) in [5, 5.41) is 24.9. The van der Waals surface area contributed by atoms with Crippen LogP contribution in [0.4, 0.5) is 11.5 Å². The first-order valence-electron chi connectivity index (χ1n) is 13.2. The molecule has 8 heteroatoms. The average molecular weight is 494 g/mol. The van der Waals surface area contributed by atoms with Crippen molar-refractivity contribution in [2.24, 2.45) is 0 Å². The van der Waals surface area contributed by atoms with E-state index in [0.717, 1.165) is 55.8 Å². The van der Waals surface area contributed by atoms with Crippen LogP contribution >= 0.6 is 0 Å². The maximum absolute atomic E-state index is 12.2. The van der Waals surface area contributed by atoms with Gasteiger partial charge in [-0.15, -0.1) is 0 Å². The summed E-state index contributed by atoms with van der Waals surface area (Å²) < 4.78 is 6.03. The van der Waals surface area contributed by atoms with Gasteiger partial charge in [0.15, 0.2) is 0 Å². The van der Waals surface area contributed by atoms with E-state index in [1.165, 1.54) is 12.0 Å². The average Bonchev–Trinajstić information content (AvgIpc) is 2.84. The van der Waals surface area contributed by atoms with Crippen LogP contribution in [-0.4, -0.2) is 65.6 Å². The van der Waals surface area contributed by atoms with E-state index in [9.17, 15) is 9.90 Å². The highest BCUT2D eigenvalue weighted by atomic mass is 16.5. The third-order valence-electron chi connectivity index (χ3n) is 6.99. The van der Waals surface area contributed by atoms with Gasteiger partial charge in [0.05, 0.1) is 6.10 Å². The van der Waals surface area contributed by atoms with E-state index in [4.69, 9.17) is 15.1 Å². The lowest BCUT2D eigenvalue weighted by Crippen LogP contribution is -2.55. The number of aromatic nitrogens is 1. The molecule has 1 unspecified atom stereocenters. The molecule has 0 bridgehead atoms. The zero-order chi connectivity index (χ0) is 25.5. The summed E-state index contributed by atoms with van der Waals surface area (Å²) in [5.41, 5.74) is 4.99. The first kappa shape index (κ1) is 26.1. The number of anilines is 2. The van der Waals surface area contributed by atoms with Gasteiger partial charge >= 0.3 is 5.97 Å². The number of hydrogen-bond acceptors (Lipinski definition) is 7. The van der Waals surface area contributed by atoms with E-state index in [1.54, 1.807) is 6.92 Å². The van der Waals surface area contributed by atoms with Crippen molar-refractivity contribution in [2.45, 2.75) is 64.5 Å². The van der Waals surface area contributed by atoms with Crippen molar-refractivity contribution in [3.05, 3.63) is 52.7 Å². The fourth-order valence-corrected chi connectivity index (χ4v) is 5.17. The standard InChI is InChI=1S/C28H39N5O3/c1-3-30-24-12-7-11-23(25(24)19(2)29)26(28(34)35)33-17-22(18-33)36-16-6-4-5-10-21-14-13-20-9-8-15-31-27(20)32-21/h7,11-14,22,26,29-30H,3-6,8-10,15-18H2,1-2H3,(H,31,32)(H,34,35). The third kappa shape index (κ3) is 6.23. The van der Waals surface area contributed by atoms with Crippen LogP contribution in [0.25, 0.3) is 0 Å². The Morgan fingerprint density at radius 2 is 2.11 bits per heavy atom. The molecule has 0 radical (unpaired) electrons. The van der Waals surface area contributed by atoms with Crippen LogP contribution < -0.4 is 10.6 Å². The van der Waals surface area contributed by atoms with Crippen LogP contribution in [0.3, 0.4) is 0 Å². The Morgan fingerprint density at radius 1 is 1.28 bits per heavy atom. The number of ether oxygens (including phenoxy) is 1. The number of aryl methyl sites for hydroxylation is 2. The molecule has 4 N–H and O–H groups in total. The van der Waals surface area contributed by atoms with Gasteiger partial charge < -0.3 is 25.9 Å². The summed E-state index contributed by atoms with van der Waals surface area (Å²) in [4.78, 5) is 18.9. The summed E-state index contributed by atoms with van der Waals surface area (Å²) in [7, 11) is 0. The molecule has 3 heterocycles. The molecule has 1 aromatic carbocycles. The number of carbonyl (C=O) groups is 1. The lowest BCUT2D eigenvalue weighted by atomic mass is 9.92. The molecule has 4 rings (SSSR count). The lowest BCUT2D eigenvalue weighted by Gasteiger charge is -2.43. The number of nitrogens with one attached hydrogen (secondary N) is 3. The highest BCUT2D eigenvalue weighted by Crippen LogP contribution is 2.33. The maximum atomic E-state index is 12.2. The van der Waals surface area contributed by atoms with Crippen molar-refractivity contribution < 1.29 is 14.6 Å². The molecular formula is C28H39N5O3. The van der Waals surface area contributed by atoms with Crippen molar-refractivity contribution in [3.63, 3.8) is 0 Å². The number of unbranched alkanes of at least 4 members (excludes halogenated alkanes) is 2. The first-order chi connectivity index (χ1) is 17.5. The SMILES string of the molecule is CCNc1cccc(C(C(=O)O)N2CC(OCCCCCc3ccc4c(n3)NCCC4)C2)c1C(C)=N. The largest absolute Gasteiger partial charge is 0.480 e. The van der Waals surface area contributed by atoms with Crippen LogP contribution in [0, 0.1) is 5.41 Å². The summed E-state index contributed by atoms with van der Waals surface area (Å²) in [5.74, 6) is 0.170. The Labute approximate surface area is 214 Å². The number of benzene rings is 1. The molecule has 1 fully saturated rings. The zero-order valence-corrected chi connectivity index (χ0v) is 21.5. The molecule has 2 aromatic rings. The molecule has 2 aliphatic heterocycles. The second-order valence-electron chi connectivity index (χ2n) is 9.76.